The second-order valence-corrected chi connectivity index (χ2v) is 9.50. The largest absolute Gasteiger partial charge is 0.593 e. The number of amides is 1. The normalized spacial score (nSPS) is 27.6. The number of hydrogen-bond donors (Lipinski definition) is 2. The summed E-state index contributed by atoms with van der Waals surface area (Å²) in [5, 5.41) is 3.15. The van der Waals surface area contributed by atoms with Gasteiger partial charge in [0.05, 0.1) is 5.54 Å². The summed E-state index contributed by atoms with van der Waals surface area (Å²) < 4.78 is 29.4. The highest BCUT2D eigenvalue weighted by Crippen LogP contribution is 2.32. The standard InChI is InChI=1S/C18H19BrN4O3S/c19-14-5-1-4-13(10-14)17(24)23-9-3-7-18(12-23)11-21-16-15(6-2-8-20-16)27(25,26)22-18/h1-2,4-6,8,10H,3,7,9,11-12H2,(H2-,20,21,22,25,26). The molecule has 4 rings (SSSR count). The Kier molecular flexibility index (Phi) is 4.79. The van der Waals surface area contributed by atoms with E-state index in [1.54, 1.807) is 29.3 Å². The molecule has 2 aromatic rings. The van der Waals surface area contributed by atoms with Crippen LogP contribution in [-0.4, -0.2) is 45.5 Å². The van der Waals surface area contributed by atoms with Crippen LogP contribution in [0, 0.1) is 0 Å². The maximum Gasteiger partial charge on any atom is 0.253 e. The van der Waals surface area contributed by atoms with Crippen molar-refractivity contribution in [1.82, 2.24) is 14.6 Å². The van der Waals surface area contributed by atoms with Crippen molar-refractivity contribution in [3.63, 3.8) is 0 Å². The van der Waals surface area contributed by atoms with Gasteiger partial charge in [-0.25, -0.2) is 4.98 Å². The van der Waals surface area contributed by atoms with Gasteiger partial charge in [0.2, 0.25) is 4.90 Å². The molecule has 27 heavy (non-hydrogen) atoms. The van der Waals surface area contributed by atoms with E-state index in [1.165, 1.54) is 6.07 Å². The average molecular weight is 451 g/mol. The van der Waals surface area contributed by atoms with E-state index in [2.05, 4.69) is 31.0 Å². The van der Waals surface area contributed by atoms with Gasteiger partial charge in [-0.2, -0.15) is 0 Å². The lowest BCUT2D eigenvalue weighted by molar-refractivity contribution is 0.0636. The van der Waals surface area contributed by atoms with E-state index >= 15 is 0 Å². The van der Waals surface area contributed by atoms with Crippen LogP contribution in [0.25, 0.3) is 0 Å². The van der Waals surface area contributed by atoms with E-state index in [-0.39, 0.29) is 10.8 Å². The van der Waals surface area contributed by atoms with Crippen LogP contribution in [0.4, 0.5) is 5.82 Å². The summed E-state index contributed by atoms with van der Waals surface area (Å²) in [6.45, 7) is 1.27. The van der Waals surface area contributed by atoms with E-state index < -0.39 is 15.9 Å². The maximum atomic E-state index is 12.9. The number of aromatic nitrogens is 1. The number of nitrogens with zero attached hydrogens (tertiary/aromatic N) is 2. The minimum atomic E-state index is -3.73. The minimum Gasteiger partial charge on any atom is -0.593 e. The Morgan fingerprint density at radius 3 is 3.00 bits per heavy atom. The third kappa shape index (κ3) is 3.64. The number of piperidine rings is 1. The van der Waals surface area contributed by atoms with Gasteiger partial charge in [0.25, 0.3) is 5.91 Å². The Bertz CT molecular complexity index is 940. The molecule has 0 bridgehead atoms. The molecule has 2 unspecified atom stereocenters. The number of carbonyl (C=O) groups excluding carboxylic acids is 1. The van der Waals surface area contributed by atoms with Crippen molar-refractivity contribution in [2.75, 3.05) is 25.0 Å². The summed E-state index contributed by atoms with van der Waals surface area (Å²) in [6.07, 6.45) is 2.92. The Hall–Kier alpha value is -1.81. The van der Waals surface area contributed by atoms with Gasteiger partial charge in [-0.3, -0.25) is 4.79 Å². The Labute approximate surface area is 167 Å². The van der Waals surface area contributed by atoms with E-state index in [0.717, 1.165) is 4.47 Å². The third-order valence-electron chi connectivity index (χ3n) is 4.94. The number of nitrogens with one attached hydrogen (secondary N) is 2. The molecular weight excluding hydrogens is 432 g/mol. The zero-order chi connectivity index (χ0) is 19.1. The molecule has 1 spiro atoms. The van der Waals surface area contributed by atoms with Crippen LogP contribution in [0.2, 0.25) is 0 Å². The fraction of sp³-hybridized carbons (Fsp3) is 0.333. The SMILES string of the molecule is O=C(c1cccc(Br)c1)N1CCCC2(CNc3ncccc3[S+](=O)([O-])N2)C1. The van der Waals surface area contributed by atoms with Crippen molar-refractivity contribution in [3.05, 3.63) is 52.6 Å². The molecule has 2 aliphatic rings. The first-order chi connectivity index (χ1) is 12.9. The van der Waals surface area contributed by atoms with Crippen LogP contribution in [0.15, 0.2) is 52.0 Å². The third-order valence-corrected chi connectivity index (χ3v) is 7.04. The highest BCUT2D eigenvalue weighted by Gasteiger charge is 2.46. The molecule has 1 fully saturated rings. The van der Waals surface area contributed by atoms with Gasteiger partial charge in [0.15, 0.2) is 16.2 Å². The summed E-state index contributed by atoms with van der Waals surface area (Å²) >= 11 is 3.39. The summed E-state index contributed by atoms with van der Waals surface area (Å²) in [5.41, 5.74) is -0.185. The summed E-state index contributed by atoms with van der Waals surface area (Å²) in [4.78, 5) is 18.9. The molecule has 0 aliphatic carbocycles. The fourth-order valence-corrected chi connectivity index (χ4v) is 5.66. The number of pyridine rings is 1. The molecule has 142 valence electrons. The number of benzene rings is 1. The van der Waals surface area contributed by atoms with Gasteiger partial charge in [-0.05, 0) is 37.1 Å². The first-order valence-corrected chi connectivity index (χ1v) is 10.9. The zero-order valence-corrected chi connectivity index (χ0v) is 16.9. The van der Waals surface area contributed by atoms with Crippen molar-refractivity contribution in [2.24, 2.45) is 0 Å². The van der Waals surface area contributed by atoms with Gasteiger partial charge in [0, 0.05) is 41.9 Å². The van der Waals surface area contributed by atoms with Crippen molar-refractivity contribution in [3.8, 4) is 0 Å². The lowest BCUT2D eigenvalue weighted by atomic mass is 9.89. The molecular formula is C18H19BrN4O3S. The number of halogens is 1. The first kappa shape index (κ1) is 18.5. The van der Waals surface area contributed by atoms with E-state index in [9.17, 15) is 13.6 Å². The molecule has 3 heterocycles. The molecule has 1 aromatic heterocycles. The van der Waals surface area contributed by atoms with Crippen molar-refractivity contribution >= 4 is 38.1 Å². The molecule has 0 saturated carbocycles. The number of fused-ring (bicyclic) bond motifs is 1. The molecule has 7 nitrogen and oxygen atoms in total. The Morgan fingerprint density at radius 2 is 2.19 bits per heavy atom. The Morgan fingerprint density at radius 1 is 1.33 bits per heavy atom. The molecule has 2 N–H and O–H groups in total. The molecule has 1 saturated heterocycles. The van der Waals surface area contributed by atoms with Crippen molar-refractivity contribution in [1.29, 1.82) is 0 Å². The molecule has 1 amide bonds. The van der Waals surface area contributed by atoms with Crippen LogP contribution in [0.5, 0.6) is 0 Å². The van der Waals surface area contributed by atoms with Crippen LogP contribution in [0.3, 0.4) is 0 Å². The highest BCUT2D eigenvalue weighted by atomic mass is 79.9. The van der Waals surface area contributed by atoms with E-state index in [1.807, 2.05) is 12.1 Å². The molecule has 9 heteroatoms. The van der Waals surface area contributed by atoms with Crippen molar-refractivity contribution < 1.29 is 13.6 Å². The lowest BCUT2D eigenvalue weighted by Crippen LogP contribution is -2.63. The van der Waals surface area contributed by atoms with Crippen molar-refractivity contribution in [2.45, 2.75) is 23.3 Å². The van der Waals surface area contributed by atoms with Crippen LogP contribution in [0.1, 0.15) is 23.2 Å². The van der Waals surface area contributed by atoms with Gasteiger partial charge in [-0.15, -0.1) is 4.72 Å². The molecule has 2 aliphatic heterocycles. The minimum absolute atomic E-state index is 0.102. The van der Waals surface area contributed by atoms with Crippen LogP contribution in [-0.2, 0) is 14.6 Å². The van der Waals surface area contributed by atoms with E-state index in [4.69, 9.17) is 0 Å². The van der Waals surface area contributed by atoms with E-state index in [0.29, 0.717) is 43.9 Å². The number of hydrogen-bond acceptors (Lipinski definition) is 5. The monoisotopic (exact) mass is 450 g/mol. The molecule has 2 atom stereocenters. The van der Waals surface area contributed by atoms with Gasteiger partial charge in [0.1, 0.15) is 0 Å². The summed E-state index contributed by atoms with van der Waals surface area (Å²) in [5.74, 6) is 0.242. The maximum absolute atomic E-state index is 12.9. The lowest BCUT2D eigenvalue weighted by Gasteiger charge is -2.42. The molecule has 1 aromatic carbocycles. The predicted octanol–water partition coefficient (Wildman–Crippen LogP) is 2.44. The van der Waals surface area contributed by atoms with Crippen LogP contribution >= 0.6 is 15.9 Å². The molecule has 0 radical (unpaired) electrons. The second kappa shape index (κ2) is 6.97. The number of likely N-dealkylation sites (tertiary alicyclic amines) is 1. The number of anilines is 1. The number of carbonyl (C=O) groups is 1. The topological polar surface area (TPSA) is 97.4 Å². The quantitative estimate of drug-likeness (QED) is 0.650. The highest BCUT2D eigenvalue weighted by molar-refractivity contribution is 9.10. The summed E-state index contributed by atoms with van der Waals surface area (Å²) in [7, 11) is -3.73. The fourth-order valence-electron chi connectivity index (χ4n) is 3.71. The number of rotatable bonds is 1. The van der Waals surface area contributed by atoms with Crippen LogP contribution < -0.4 is 10.0 Å². The number of sulfonamides is 1. The van der Waals surface area contributed by atoms with Gasteiger partial charge < -0.3 is 14.8 Å². The average Bonchev–Trinajstić information content (AvgIpc) is 2.76. The van der Waals surface area contributed by atoms with Gasteiger partial charge in [-0.1, -0.05) is 26.2 Å². The first-order valence-electron chi connectivity index (χ1n) is 8.66. The predicted molar refractivity (Wildman–Crippen MR) is 105 cm³/mol. The Balaban J connectivity index is 1.61. The second-order valence-electron chi connectivity index (χ2n) is 6.93. The smallest absolute Gasteiger partial charge is 0.253 e. The zero-order valence-electron chi connectivity index (χ0n) is 14.5. The summed E-state index contributed by atoms with van der Waals surface area (Å²) in [6, 6.07) is 10.4. The van der Waals surface area contributed by atoms with Gasteiger partial charge >= 0.3 is 0 Å².